The van der Waals surface area contributed by atoms with Crippen molar-refractivity contribution in [3.63, 3.8) is 0 Å². The van der Waals surface area contributed by atoms with Crippen molar-refractivity contribution < 1.29 is 9.66 Å². The summed E-state index contributed by atoms with van der Waals surface area (Å²) in [5.74, 6) is 0. The number of nitro groups is 1. The summed E-state index contributed by atoms with van der Waals surface area (Å²) in [6.45, 7) is 2.13. The molecule has 2 N–H and O–H groups in total. The van der Waals surface area contributed by atoms with Crippen LogP contribution in [0.4, 0.5) is 11.4 Å². The second kappa shape index (κ2) is 5.65. The highest BCUT2D eigenvalue weighted by atomic mass is 16.6. The summed E-state index contributed by atoms with van der Waals surface area (Å²) in [4.78, 5) is 12.3. The van der Waals surface area contributed by atoms with Gasteiger partial charge in [0.15, 0.2) is 6.10 Å². The van der Waals surface area contributed by atoms with Crippen molar-refractivity contribution in [2.24, 2.45) is 0 Å². The fraction of sp³-hybridized carbons (Fsp3) is 0.417. The van der Waals surface area contributed by atoms with Gasteiger partial charge in [0, 0.05) is 37.5 Å². The third-order valence-corrected chi connectivity index (χ3v) is 3.03. The Labute approximate surface area is 110 Å². The predicted molar refractivity (Wildman–Crippen MR) is 68.1 cm³/mol. The van der Waals surface area contributed by atoms with Crippen molar-refractivity contribution in [2.45, 2.75) is 12.6 Å². The van der Waals surface area contributed by atoms with Gasteiger partial charge in [-0.3, -0.25) is 15.0 Å². The van der Waals surface area contributed by atoms with Crippen LogP contribution in [0, 0.1) is 21.4 Å². The summed E-state index contributed by atoms with van der Waals surface area (Å²) in [6.07, 6.45) is -0.450. The Hall–Kier alpha value is -2.17. The monoisotopic (exact) mass is 262 g/mol. The van der Waals surface area contributed by atoms with E-state index in [0.717, 1.165) is 0 Å². The van der Waals surface area contributed by atoms with Gasteiger partial charge in [-0.2, -0.15) is 5.26 Å². The van der Waals surface area contributed by atoms with Gasteiger partial charge in [-0.25, -0.2) is 0 Å². The molecule has 0 saturated carbocycles. The third kappa shape index (κ3) is 3.19. The number of non-ortho nitro benzene ring substituents is 1. The van der Waals surface area contributed by atoms with Crippen molar-refractivity contribution in [1.29, 1.82) is 5.26 Å². The Morgan fingerprint density at radius 3 is 3.11 bits per heavy atom. The van der Waals surface area contributed by atoms with Crippen LogP contribution in [0.3, 0.4) is 0 Å². The maximum Gasteiger partial charge on any atom is 0.269 e. The number of nitrogens with zero attached hydrogens (tertiary/aromatic N) is 3. The van der Waals surface area contributed by atoms with Gasteiger partial charge in [-0.15, -0.1) is 0 Å². The molecule has 1 saturated heterocycles. The van der Waals surface area contributed by atoms with Gasteiger partial charge in [-0.1, -0.05) is 0 Å². The number of nitrogens with two attached hydrogens (primary N) is 1. The summed E-state index contributed by atoms with van der Waals surface area (Å²) < 4.78 is 5.24. The molecule has 1 aromatic carbocycles. The predicted octanol–water partition coefficient (Wildman–Crippen LogP) is 0.901. The Kier molecular flexibility index (Phi) is 3.94. The molecule has 1 atom stereocenters. The molecule has 0 aromatic heterocycles. The van der Waals surface area contributed by atoms with Crippen LogP contribution in [0.2, 0.25) is 0 Å². The number of rotatable bonds is 3. The van der Waals surface area contributed by atoms with E-state index in [2.05, 4.69) is 6.07 Å². The number of anilines is 1. The number of benzene rings is 1. The lowest BCUT2D eigenvalue weighted by Gasteiger charge is -2.29. The number of nitriles is 1. The first-order valence-electron chi connectivity index (χ1n) is 5.86. The normalized spacial score (nSPS) is 19.8. The topological polar surface area (TPSA) is 105 Å². The lowest BCUT2D eigenvalue weighted by molar-refractivity contribution is -0.384. The van der Waals surface area contributed by atoms with Crippen LogP contribution in [-0.4, -0.2) is 35.6 Å². The molecular formula is C12H14N4O3. The fourth-order valence-corrected chi connectivity index (χ4v) is 2.01. The molecule has 100 valence electrons. The Morgan fingerprint density at radius 2 is 2.42 bits per heavy atom. The van der Waals surface area contributed by atoms with E-state index in [1.165, 1.54) is 18.2 Å². The number of hydrogen-bond acceptors (Lipinski definition) is 6. The minimum absolute atomic E-state index is 0.0225. The average molecular weight is 262 g/mol. The standard InChI is InChI=1S/C12H14N4O3/c13-6-11-8-15(3-4-19-11)7-9-5-10(16(17)18)1-2-12(9)14/h1-2,5,11H,3-4,7-8,14H2. The highest BCUT2D eigenvalue weighted by Crippen LogP contribution is 2.22. The second-order valence-electron chi connectivity index (χ2n) is 4.36. The Bertz CT molecular complexity index is 526. The zero-order valence-corrected chi connectivity index (χ0v) is 10.3. The zero-order chi connectivity index (χ0) is 13.8. The number of ether oxygens (including phenoxy) is 1. The van der Waals surface area contributed by atoms with Crippen LogP contribution in [-0.2, 0) is 11.3 Å². The molecule has 7 heteroatoms. The van der Waals surface area contributed by atoms with Crippen molar-refractivity contribution in [3.8, 4) is 6.07 Å². The number of nitrogen functional groups attached to an aromatic ring is 1. The Morgan fingerprint density at radius 1 is 1.63 bits per heavy atom. The maximum absolute atomic E-state index is 10.7. The minimum Gasteiger partial charge on any atom is -0.398 e. The van der Waals surface area contributed by atoms with Gasteiger partial charge < -0.3 is 10.5 Å². The molecule has 1 aromatic rings. The summed E-state index contributed by atoms with van der Waals surface area (Å²) in [6, 6.07) is 6.46. The molecule has 0 amide bonds. The van der Waals surface area contributed by atoms with E-state index < -0.39 is 11.0 Å². The lowest BCUT2D eigenvalue weighted by Crippen LogP contribution is -2.41. The summed E-state index contributed by atoms with van der Waals surface area (Å²) in [5, 5.41) is 19.6. The zero-order valence-electron chi connectivity index (χ0n) is 10.3. The van der Waals surface area contributed by atoms with Crippen LogP contribution < -0.4 is 5.73 Å². The molecule has 0 radical (unpaired) electrons. The molecule has 19 heavy (non-hydrogen) atoms. The van der Waals surface area contributed by atoms with E-state index in [-0.39, 0.29) is 5.69 Å². The average Bonchev–Trinajstić information content (AvgIpc) is 2.41. The van der Waals surface area contributed by atoms with Gasteiger partial charge in [0.05, 0.1) is 17.6 Å². The molecule has 1 unspecified atom stereocenters. The fourth-order valence-electron chi connectivity index (χ4n) is 2.01. The van der Waals surface area contributed by atoms with Gasteiger partial charge in [0.1, 0.15) is 0 Å². The van der Waals surface area contributed by atoms with E-state index >= 15 is 0 Å². The molecule has 1 aliphatic rings. The van der Waals surface area contributed by atoms with E-state index in [1.807, 2.05) is 4.90 Å². The van der Waals surface area contributed by atoms with Crippen LogP contribution >= 0.6 is 0 Å². The molecule has 1 aliphatic heterocycles. The van der Waals surface area contributed by atoms with Crippen LogP contribution in [0.5, 0.6) is 0 Å². The first-order valence-corrected chi connectivity index (χ1v) is 5.86. The molecule has 2 rings (SSSR count). The van der Waals surface area contributed by atoms with Gasteiger partial charge in [-0.05, 0) is 11.6 Å². The van der Waals surface area contributed by atoms with E-state index in [0.29, 0.717) is 37.5 Å². The molecule has 7 nitrogen and oxygen atoms in total. The number of morpholine rings is 1. The number of nitro benzene ring substituents is 1. The molecule has 0 aliphatic carbocycles. The molecule has 0 bridgehead atoms. The summed E-state index contributed by atoms with van der Waals surface area (Å²) in [7, 11) is 0. The van der Waals surface area contributed by atoms with Crippen molar-refractivity contribution >= 4 is 11.4 Å². The summed E-state index contributed by atoms with van der Waals surface area (Å²) in [5.41, 5.74) is 7.07. The first-order chi connectivity index (χ1) is 9.10. The Balaban J connectivity index is 2.12. The second-order valence-corrected chi connectivity index (χ2v) is 4.36. The maximum atomic E-state index is 10.7. The van der Waals surface area contributed by atoms with Crippen molar-refractivity contribution in [2.75, 3.05) is 25.4 Å². The SMILES string of the molecule is N#CC1CN(Cc2cc([N+](=O)[O-])ccc2N)CCO1. The molecular weight excluding hydrogens is 248 g/mol. The van der Waals surface area contributed by atoms with Gasteiger partial charge >= 0.3 is 0 Å². The van der Waals surface area contributed by atoms with E-state index in [9.17, 15) is 10.1 Å². The van der Waals surface area contributed by atoms with E-state index in [4.69, 9.17) is 15.7 Å². The first kappa shape index (κ1) is 13.3. The van der Waals surface area contributed by atoms with E-state index in [1.54, 1.807) is 0 Å². The summed E-state index contributed by atoms with van der Waals surface area (Å²) >= 11 is 0. The van der Waals surface area contributed by atoms with Crippen LogP contribution in [0.25, 0.3) is 0 Å². The van der Waals surface area contributed by atoms with Crippen LogP contribution in [0.1, 0.15) is 5.56 Å². The van der Waals surface area contributed by atoms with Crippen molar-refractivity contribution in [3.05, 3.63) is 33.9 Å². The highest BCUT2D eigenvalue weighted by Gasteiger charge is 2.21. The van der Waals surface area contributed by atoms with Gasteiger partial charge in [0.2, 0.25) is 0 Å². The van der Waals surface area contributed by atoms with Crippen molar-refractivity contribution in [1.82, 2.24) is 4.90 Å². The molecule has 1 fully saturated rings. The molecule has 0 spiro atoms. The largest absolute Gasteiger partial charge is 0.398 e. The third-order valence-electron chi connectivity index (χ3n) is 3.03. The number of hydrogen-bond donors (Lipinski definition) is 1. The molecule has 1 heterocycles. The minimum atomic E-state index is -0.450. The van der Waals surface area contributed by atoms with Crippen LogP contribution in [0.15, 0.2) is 18.2 Å². The quantitative estimate of drug-likeness (QED) is 0.493. The smallest absolute Gasteiger partial charge is 0.269 e. The highest BCUT2D eigenvalue weighted by molar-refractivity contribution is 5.52. The van der Waals surface area contributed by atoms with Gasteiger partial charge in [0.25, 0.3) is 5.69 Å². The lowest BCUT2D eigenvalue weighted by atomic mass is 10.1.